The molecule has 0 saturated carbocycles. The summed E-state index contributed by atoms with van der Waals surface area (Å²) in [6.45, 7) is 4.19. The predicted molar refractivity (Wildman–Crippen MR) is 108 cm³/mol. The largest absolute Gasteiger partial charge is 0.462 e. The fourth-order valence-electron chi connectivity index (χ4n) is 2.67. The predicted octanol–water partition coefficient (Wildman–Crippen LogP) is 3.83. The fourth-order valence-corrected chi connectivity index (χ4v) is 3.11. The Bertz CT molecular complexity index is 1020. The van der Waals surface area contributed by atoms with Crippen molar-refractivity contribution in [2.45, 2.75) is 20.4 Å². The Balaban J connectivity index is 1.74. The van der Waals surface area contributed by atoms with E-state index in [4.69, 9.17) is 4.74 Å². The summed E-state index contributed by atoms with van der Waals surface area (Å²) in [5, 5.41) is 7.08. The number of hydrogen-bond donors (Lipinski definition) is 1. The van der Waals surface area contributed by atoms with Gasteiger partial charge in [-0.2, -0.15) is 5.10 Å². The van der Waals surface area contributed by atoms with Crippen LogP contribution in [0.4, 0.5) is 5.82 Å². The van der Waals surface area contributed by atoms with Crippen LogP contribution in [0.5, 0.6) is 0 Å². The van der Waals surface area contributed by atoms with Crippen molar-refractivity contribution in [3.05, 3.63) is 75.6 Å². The first-order valence-electron chi connectivity index (χ1n) is 8.70. The van der Waals surface area contributed by atoms with Gasteiger partial charge in [0.05, 0.1) is 30.6 Å². The molecule has 3 aromatic rings. The quantitative estimate of drug-likeness (QED) is 0.586. The fraction of sp³-hybridized carbons (Fsp3) is 0.200. The number of esters is 1. The van der Waals surface area contributed by atoms with Crippen LogP contribution in [0.25, 0.3) is 0 Å². The number of nitrogens with zero attached hydrogens (tertiary/aromatic N) is 3. The minimum absolute atomic E-state index is 0.209. The zero-order chi connectivity index (χ0) is 20.1. The second-order valence-electron chi connectivity index (χ2n) is 6.01. The van der Waals surface area contributed by atoms with Crippen LogP contribution in [0.2, 0.25) is 0 Å². The van der Waals surface area contributed by atoms with E-state index >= 15 is 0 Å². The summed E-state index contributed by atoms with van der Waals surface area (Å²) in [4.78, 5) is 28.7. The van der Waals surface area contributed by atoms with Crippen molar-refractivity contribution in [3.63, 3.8) is 0 Å². The average Bonchev–Trinajstić information content (AvgIpc) is 3.08. The molecule has 8 heteroatoms. The smallest absolute Gasteiger partial charge is 0.339 e. The third-order valence-corrected chi connectivity index (χ3v) is 4.49. The molecule has 0 spiro atoms. The minimum Gasteiger partial charge on any atom is -0.462 e. The maximum Gasteiger partial charge on any atom is 0.339 e. The van der Waals surface area contributed by atoms with Crippen molar-refractivity contribution in [1.29, 1.82) is 0 Å². The van der Waals surface area contributed by atoms with E-state index < -0.39 is 5.97 Å². The molecular weight excluding hydrogens is 424 g/mol. The van der Waals surface area contributed by atoms with Gasteiger partial charge >= 0.3 is 5.97 Å². The van der Waals surface area contributed by atoms with Crippen LogP contribution in [-0.4, -0.2) is 33.2 Å². The highest BCUT2D eigenvalue weighted by Gasteiger charge is 2.16. The first-order chi connectivity index (χ1) is 13.5. The van der Waals surface area contributed by atoms with Gasteiger partial charge in [0.1, 0.15) is 11.5 Å². The number of aromatic nitrogens is 3. The van der Waals surface area contributed by atoms with Gasteiger partial charge in [0, 0.05) is 10.5 Å². The number of anilines is 1. The number of amides is 1. The molecule has 0 radical (unpaired) electrons. The van der Waals surface area contributed by atoms with Crippen molar-refractivity contribution in [2.75, 3.05) is 11.9 Å². The first kappa shape index (κ1) is 19.8. The van der Waals surface area contributed by atoms with Gasteiger partial charge in [0.15, 0.2) is 0 Å². The molecule has 0 aliphatic heterocycles. The summed E-state index contributed by atoms with van der Waals surface area (Å²) in [5.74, 6) is -0.278. The van der Waals surface area contributed by atoms with Crippen LogP contribution >= 0.6 is 15.9 Å². The Hall–Kier alpha value is -3.00. The van der Waals surface area contributed by atoms with Crippen molar-refractivity contribution >= 4 is 33.6 Å². The number of nitrogens with one attached hydrogen (secondary N) is 1. The van der Waals surface area contributed by atoms with Crippen LogP contribution in [0.15, 0.2) is 53.1 Å². The third-order valence-electron chi connectivity index (χ3n) is 3.99. The highest BCUT2D eigenvalue weighted by Crippen LogP contribution is 2.16. The van der Waals surface area contributed by atoms with Gasteiger partial charge in [0.2, 0.25) is 0 Å². The van der Waals surface area contributed by atoms with Gasteiger partial charge in [0.25, 0.3) is 5.91 Å². The Kier molecular flexibility index (Phi) is 6.20. The lowest BCUT2D eigenvalue weighted by Crippen LogP contribution is -2.18. The molecule has 0 fully saturated rings. The summed E-state index contributed by atoms with van der Waals surface area (Å²) in [5.41, 5.74) is 2.04. The molecule has 1 amide bonds. The topological polar surface area (TPSA) is 86.1 Å². The lowest BCUT2D eigenvalue weighted by molar-refractivity contribution is 0.0524. The zero-order valence-corrected chi connectivity index (χ0v) is 17.1. The normalized spacial score (nSPS) is 10.5. The summed E-state index contributed by atoms with van der Waals surface area (Å²) in [6, 6.07) is 12.6. The molecule has 2 heterocycles. The van der Waals surface area contributed by atoms with E-state index in [-0.39, 0.29) is 18.2 Å². The van der Waals surface area contributed by atoms with E-state index in [0.717, 1.165) is 10.0 Å². The number of ether oxygens (including phenoxy) is 1. The van der Waals surface area contributed by atoms with Gasteiger partial charge in [-0.15, -0.1) is 0 Å². The number of aryl methyl sites for hydroxylation is 1. The molecular formula is C20H19BrN4O3. The second-order valence-corrected chi connectivity index (χ2v) is 6.92. The molecule has 0 saturated heterocycles. The standard InChI is InChI=1S/C20H19BrN4O3/c1-3-28-20(27)16-7-8-17(23-13(16)2)19(26)24-18-9-10-22-25(18)12-14-5-4-6-15(21)11-14/h4-11H,3,12H2,1-2H3,(H,24,26). The molecule has 1 N–H and O–H groups in total. The summed E-state index contributed by atoms with van der Waals surface area (Å²) < 4.78 is 7.65. The maximum atomic E-state index is 12.6. The van der Waals surface area contributed by atoms with E-state index in [1.807, 2.05) is 24.3 Å². The molecule has 0 unspecified atom stereocenters. The number of halogens is 1. The second kappa shape index (κ2) is 8.79. The SMILES string of the molecule is CCOC(=O)c1ccc(C(=O)Nc2ccnn2Cc2cccc(Br)c2)nc1C. The van der Waals surface area contributed by atoms with Gasteiger partial charge in [-0.05, 0) is 43.7 Å². The first-order valence-corrected chi connectivity index (χ1v) is 9.49. The van der Waals surface area contributed by atoms with E-state index in [0.29, 0.717) is 23.6 Å². The Morgan fingerprint density at radius 2 is 2.04 bits per heavy atom. The molecule has 0 aliphatic carbocycles. The van der Waals surface area contributed by atoms with Crippen molar-refractivity contribution < 1.29 is 14.3 Å². The molecule has 3 rings (SSSR count). The van der Waals surface area contributed by atoms with Crippen molar-refractivity contribution in [3.8, 4) is 0 Å². The van der Waals surface area contributed by atoms with Crippen LogP contribution in [-0.2, 0) is 11.3 Å². The van der Waals surface area contributed by atoms with Crippen LogP contribution in [0.3, 0.4) is 0 Å². The molecule has 2 aromatic heterocycles. The van der Waals surface area contributed by atoms with Crippen molar-refractivity contribution in [2.24, 2.45) is 0 Å². The van der Waals surface area contributed by atoms with Crippen molar-refractivity contribution in [1.82, 2.24) is 14.8 Å². The summed E-state index contributed by atoms with van der Waals surface area (Å²) in [6.07, 6.45) is 1.62. The molecule has 28 heavy (non-hydrogen) atoms. The molecule has 0 bridgehead atoms. The summed E-state index contributed by atoms with van der Waals surface area (Å²) in [7, 11) is 0. The van der Waals surface area contributed by atoms with Crippen LogP contribution in [0.1, 0.15) is 39.0 Å². The number of benzene rings is 1. The van der Waals surface area contributed by atoms with Gasteiger partial charge in [-0.1, -0.05) is 28.1 Å². The zero-order valence-electron chi connectivity index (χ0n) is 15.5. The van der Waals surface area contributed by atoms with Crippen LogP contribution in [0, 0.1) is 6.92 Å². The summed E-state index contributed by atoms with van der Waals surface area (Å²) >= 11 is 3.45. The number of pyridine rings is 1. The van der Waals surface area contributed by atoms with Gasteiger partial charge in [-0.25, -0.2) is 14.5 Å². The number of carbonyl (C=O) groups excluding carboxylic acids is 2. The number of carbonyl (C=O) groups is 2. The highest BCUT2D eigenvalue weighted by molar-refractivity contribution is 9.10. The Morgan fingerprint density at radius 3 is 2.75 bits per heavy atom. The van der Waals surface area contributed by atoms with E-state index in [1.54, 1.807) is 36.9 Å². The van der Waals surface area contributed by atoms with Gasteiger partial charge < -0.3 is 10.1 Å². The highest BCUT2D eigenvalue weighted by atomic mass is 79.9. The van der Waals surface area contributed by atoms with E-state index in [9.17, 15) is 9.59 Å². The third kappa shape index (κ3) is 4.64. The van der Waals surface area contributed by atoms with E-state index in [1.165, 1.54) is 6.07 Å². The number of hydrogen-bond acceptors (Lipinski definition) is 5. The molecule has 7 nitrogen and oxygen atoms in total. The van der Waals surface area contributed by atoms with Crippen LogP contribution < -0.4 is 5.32 Å². The number of rotatable bonds is 6. The lowest BCUT2D eigenvalue weighted by atomic mass is 10.2. The minimum atomic E-state index is -0.452. The molecule has 1 aromatic carbocycles. The average molecular weight is 443 g/mol. The Morgan fingerprint density at radius 1 is 1.21 bits per heavy atom. The lowest BCUT2D eigenvalue weighted by Gasteiger charge is -2.10. The monoisotopic (exact) mass is 442 g/mol. The van der Waals surface area contributed by atoms with Gasteiger partial charge in [-0.3, -0.25) is 4.79 Å². The molecule has 0 aliphatic rings. The Labute approximate surface area is 170 Å². The van der Waals surface area contributed by atoms with E-state index in [2.05, 4.69) is 31.3 Å². The molecule has 144 valence electrons. The maximum absolute atomic E-state index is 12.6. The molecule has 0 atom stereocenters.